The van der Waals surface area contributed by atoms with E-state index in [4.69, 9.17) is 0 Å². The van der Waals surface area contributed by atoms with Crippen LogP contribution in [0.1, 0.15) is 12.5 Å². The Morgan fingerprint density at radius 2 is 1.83 bits per heavy atom. The van der Waals surface area contributed by atoms with Gasteiger partial charge in [-0.25, -0.2) is 0 Å². The van der Waals surface area contributed by atoms with Crippen LogP contribution in [0.25, 0.3) is 11.4 Å². The second-order valence-corrected chi connectivity index (χ2v) is 7.71. The number of aromatic nitrogens is 3. The molecule has 3 aromatic rings. The number of carbonyl (C=O) groups is 1. The Kier molecular flexibility index (Phi) is 6.63. The quantitative estimate of drug-likeness (QED) is 0.470. The number of benzene rings is 2. The van der Waals surface area contributed by atoms with Crippen LogP contribution in [0.15, 0.2) is 58.2 Å². The predicted octanol–water partition coefficient (Wildman–Crippen LogP) is 5.48. The van der Waals surface area contributed by atoms with E-state index >= 15 is 0 Å². The van der Waals surface area contributed by atoms with Gasteiger partial charge in [0, 0.05) is 16.6 Å². The van der Waals surface area contributed by atoms with Gasteiger partial charge in [0.1, 0.15) is 0 Å². The predicted molar refractivity (Wildman–Crippen MR) is 110 cm³/mol. The zero-order chi connectivity index (χ0) is 21.0. The summed E-state index contributed by atoms with van der Waals surface area (Å²) in [6, 6.07) is 12.4. The van der Waals surface area contributed by atoms with E-state index in [1.165, 1.54) is 18.2 Å². The number of carbonyl (C=O) groups excluding carboxylic acids is 1. The number of halogens is 4. The van der Waals surface area contributed by atoms with Gasteiger partial charge in [-0.15, -0.1) is 10.2 Å². The summed E-state index contributed by atoms with van der Waals surface area (Å²) in [6.45, 7) is 2.50. The maximum atomic E-state index is 13.1. The molecular formula is C19H16BrF3N4OS. The molecule has 152 valence electrons. The maximum Gasteiger partial charge on any atom is 0.418 e. The van der Waals surface area contributed by atoms with Crippen LogP contribution in [0.5, 0.6) is 0 Å². The van der Waals surface area contributed by atoms with Crippen LogP contribution in [0.4, 0.5) is 18.9 Å². The number of hydrogen-bond acceptors (Lipinski definition) is 4. The molecule has 0 bridgehead atoms. The molecule has 0 saturated heterocycles. The minimum atomic E-state index is -4.54. The molecule has 1 amide bonds. The van der Waals surface area contributed by atoms with Crippen molar-refractivity contribution in [2.75, 3.05) is 11.1 Å². The molecule has 0 aliphatic rings. The largest absolute Gasteiger partial charge is 0.418 e. The van der Waals surface area contributed by atoms with Gasteiger partial charge >= 0.3 is 6.18 Å². The monoisotopic (exact) mass is 484 g/mol. The smallest absolute Gasteiger partial charge is 0.325 e. The minimum Gasteiger partial charge on any atom is -0.325 e. The molecule has 1 aromatic heterocycles. The average Bonchev–Trinajstić information content (AvgIpc) is 3.09. The number of rotatable bonds is 6. The van der Waals surface area contributed by atoms with Gasteiger partial charge < -0.3 is 9.88 Å². The van der Waals surface area contributed by atoms with Crippen LogP contribution in [0, 0.1) is 0 Å². The third-order valence-corrected chi connectivity index (χ3v) is 5.65. The van der Waals surface area contributed by atoms with Crippen molar-refractivity contribution >= 4 is 39.3 Å². The summed E-state index contributed by atoms with van der Waals surface area (Å²) in [7, 11) is 0. The van der Waals surface area contributed by atoms with Gasteiger partial charge in [-0.2, -0.15) is 13.2 Å². The molecule has 0 spiro atoms. The van der Waals surface area contributed by atoms with Crippen molar-refractivity contribution in [3.05, 3.63) is 58.6 Å². The number of nitrogens with one attached hydrogen (secondary N) is 1. The van der Waals surface area contributed by atoms with Crippen molar-refractivity contribution in [2.45, 2.75) is 24.8 Å². The second kappa shape index (κ2) is 9.00. The van der Waals surface area contributed by atoms with Crippen molar-refractivity contribution in [1.29, 1.82) is 0 Å². The molecule has 0 unspecified atom stereocenters. The SMILES string of the molecule is CCn1c(SCC(=O)Nc2ccccc2C(F)(F)F)nnc1-c1ccccc1Br. The molecule has 1 N–H and O–H groups in total. The molecule has 0 atom stereocenters. The molecule has 5 nitrogen and oxygen atoms in total. The number of thioether (sulfide) groups is 1. The molecule has 3 rings (SSSR count). The Labute approximate surface area is 177 Å². The summed E-state index contributed by atoms with van der Waals surface area (Å²) >= 11 is 4.60. The first kappa shape index (κ1) is 21.4. The number of hydrogen-bond donors (Lipinski definition) is 1. The first-order valence-electron chi connectivity index (χ1n) is 8.58. The summed E-state index contributed by atoms with van der Waals surface area (Å²) in [5.41, 5.74) is -0.292. The molecule has 0 aliphatic carbocycles. The van der Waals surface area contributed by atoms with Gasteiger partial charge in [-0.05, 0) is 25.1 Å². The van der Waals surface area contributed by atoms with Crippen molar-refractivity contribution < 1.29 is 18.0 Å². The van der Waals surface area contributed by atoms with Crippen LogP contribution < -0.4 is 5.32 Å². The highest BCUT2D eigenvalue weighted by atomic mass is 79.9. The van der Waals surface area contributed by atoms with Crippen LogP contribution in [0.3, 0.4) is 0 Å². The zero-order valence-corrected chi connectivity index (χ0v) is 17.6. The van der Waals surface area contributed by atoms with Crippen LogP contribution >= 0.6 is 27.7 Å². The summed E-state index contributed by atoms with van der Waals surface area (Å²) < 4.78 is 41.9. The number of alkyl halides is 3. The molecule has 29 heavy (non-hydrogen) atoms. The van der Waals surface area contributed by atoms with Gasteiger partial charge in [0.05, 0.1) is 17.0 Å². The Balaban J connectivity index is 1.73. The normalized spacial score (nSPS) is 11.5. The molecule has 0 radical (unpaired) electrons. The van der Waals surface area contributed by atoms with Gasteiger partial charge in [-0.3, -0.25) is 4.79 Å². The summed E-state index contributed by atoms with van der Waals surface area (Å²) in [4.78, 5) is 12.2. The third kappa shape index (κ3) is 4.99. The zero-order valence-electron chi connectivity index (χ0n) is 15.2. The highest BCUT2D eigenvalue weighted by molar-refractivity contribution is 9.10. The maximum absolute atomic E-state index is 13.1. The fraction of sp³-hybridized carbons (Fsp3) is 0.211. The molecule has 0 fully saturated rings. The molecular weight excluding hydrogens is 469 g/mol. The van der Waals surface area contributed by atoms with Gasteiger partial charge in [0.25, 0.3) is 0 Å². The summed E-state index contributed by atoms with van der Waals surface area (Å²) in [6.07, 6.45) is -4.54. The lowest BCUT2D eigenvalue weighted by atomic mass is 10.1. The lowest BCUT2D eigenvalue weighted by Crippen LogP contribution is -2.18. The molecule has 0 saturated carbocycles. The van der Waals surface area contributed by atoms with Gasteiger partial charge in [0.2, 0.25) is 5.91 Å². The molecule has 0 aliphatic heterocycles. The summed E-state index contributed by atoms with van der Waals surface area (Å²) in [5.74, 6) is -0.00889. The molecule has 2 aromatic carbocycles. The Bertz CT molecular complexity index is 1020. The molecule has 1 heterocycles. The number of amides is 1. The third-order valence-electron chi connectivity index (χ3n) is 3.99. The van der Waals surface area contributed by atoms with E-state index in [0.717, 1.165) is 27.9 Å². The van der Waals surface area contributed by atoms with E-state index in [1.54, 1.807) is 0 Å². The van der Waals surface area contributed by atoms with E-state index in [2.05, 4.69) is 31.4 Å². The highest BCUT2D eigenvalue weighted by Gasteiger charge is 2.33. The van der Waals surface area contributed by atoms with Crippen LogP contribution in [-0.4, -0.2) is 26.4 Å². The lowest BCUT2D eigenvalue weighted by Gasteiger charge is -2.13. The van der Waals surface area contributed by atoms with Crippen molar-refractivity contribution in [3.8, 4) is 11.4 Å². The van der Waals surface area contributed by atoms with E-state index in [0.29, 0.717) is 17.5 Å². The Hall–Kier alpha value is -2.33. The van der Waals surface area contributed by atoms with Crippen LogP contribution in [0.2, 0.25) is 0 Å². The topological polar surface area (TPSA) is 59.8 Å². The highest BCUT2D eigenvalue weighted by Crippen LogP contribution is 2.35. The number of anilines is 1. The number of para-hydroxylation sites is 1. The van der Waals surface area contributed by atoms with E-state index < -0.39 is 17.6 Å². The standard InChI is InChI=1S/C19H16BrF3N4OS/c1-2-27-17(12-7-3-5-9-14(12)20)25-26-18(27)29-11-16(28)24-15-10-6-4-8-13(15)19(21,22)23/h3-10H,2,11H2,1H3,(H,24,28). The van der Waals surface area contributed by atoms with Crippen molar-refractivity contribution in [3.63, 3.8) is 0 Å². The molecule has 10 heteroatoms. The fourth-order valence-electron chi connectivity index (χ4n) is 2.68. The lowest BCUT2D eigenvalue weighted by molar-refractivity contribution is -0.137. The van der Waals surface area contributed by atoms with Gasteiger partial charge in [0.15, 0.2) is 11.0 Å². The van der Waals surface area contributed by atoms with Gasteiger partial charge in [-0.1, -0.05) is 58.0 Å². The first-order valence-corrected chi connectivity index (χ1v) is 10.4. The van der Waals surface area contributed by atoms with Crippen molar-refractivity contribution in [1.82, 2.24) is 14.8 Å². The van der Waals surface area contributed by atoms with E-state index in [9.17, 15) is 18.0 Å². The average molecular weight is 485 g/mol. The first-order chi connectivity index (χ1) is 13.8. The number of nitrogens with zero attached hydrogens (tertiary/aromatic N) is 3. The summed E-state index contributed by atoms with van der Waals surface area (Å²) in [5, 5.41) is 11.2. The minimum absolute atomic E-state index is 0.0969. The van der Waals surface area contributed by atoms with Crippen LogP contribution in [-0.2, 0) is 17.5 Å². The Morgan fingerprint density at radius 1 is 1.14 bits per heavy atom. The fourth-order valence-corrected chi connectivity index (χ4v) is 3.94. The second-order valence-electron chi connectivity index (χ2n) is 5.91. The van der Waals surface area contributed by atoms with Crippen molar-refractivity contribution in [2.24, 2.45) is 0 Å². The Morgan fingerprint density at radius 3 is 2.52 bits per heavy atom. The van der Waals surface area contributed by atoms with E-state index in [-0.39, 0.29) is 11.4 Å². The van der Waals surface area contributed by atoms with E-state index in [1.807, 2.05) is 35.8 Å².